The van der Waals surface area contributed by atoms with E-state index in [0.29, 0.717) is 0 Å². The third-order valence-electron chi connectivity index (χ3n) is 5.23. The highest BCUT2D eigenvalue weighted by Gasteiger charge is 2.47. The van der Waals surface area contributed by atoms with Crippen molar-refractivity contribution in [2.24, 2.45) is 0 Å². The molecule has 8 nitrogen and oxygen atoms in total. The average molecular weight is 521 g/mol. The Hall–Kier alpha value is -1.34. The molecule has 0 aliphatic rings. The molecule has 0 bridgehead atoms. The molecule has 0 aromatic carbocycles. The summed E-state index contributed by atoms with van der Waals surface area (Å²) in [6.07, 6.45) is -8.61. The Morgan fingerprint density at radius 1 is 1.03 bits per heavy atom. The van der Waals surface area contributed by atoms with Crippen LogP contribution in [0.2, 0.25) is 18.1 Å². The first kappa shape index (κ1) is 31.7. The van der Waals surface area contributed by atoms with Crippen molar-refractivity contribution in [3.05, 3.63) is 0 Å². The van der Waals surface area contributed by atoms with Crippen molar-refractivity contribution in [3.8, 4) is 0 Å². The summed E-state index contributed by atoms with van der Waals surface area (Å²) >= 11 is 0. The number of esters is 1. The number of methoxy groups -OCH3 is 1. The minimum atomic E-state index is -4.67. The molecule has 0 aliphatic heterocycles. The van der Waals surface area contributed by atoms with Crippen LogP contribution >= 0.6 is 0 Å². The van der Waals surface area contributed by atoms with Gasteiger partial charge in [-0.05, 0) is 51.7 Å². The molecule has 3 atom stereocenters. The molecule has 0 heterocycles. The van der Waals surface area contributed by atoms with Gasteiger partial charge in [0, 0.05) is 21.2 Å². The molecule has 0 saturated carbocycles. The van der Waals surface area contributed by atoms with Crippen LogP contribution in [-0.4, -0.2) is 67.1 Å². The van der Waals surface area contributed by atoms with E-state index in [0.717, 1.165) is 7.11 Å². The Kier molecular flexibility index (Phi) is 10.9. The predicted molar refractivity (Wildman–Crippen MR) is 123 cm³/mol. The van der Waals surface area contributed by atoms with Crippen LogP contribution in [0.5, 0.6) is 0 Å². The van der Waals surface area contributed by atoms with Crippen LogP contribution in [0.1, 0.15) is 54.4 Å². The second-order valence-electron chi connectivity index (χ2n) is 10.4. The minimum Gasteiger partial charge on any atom is -0.467 e. The number of hydrogen-bond acceptors (Lipinski definition) is 7. The van der Waals surface area contributed by atoms with Crippen LogP contribution < -0.4 is 5.32 Å². The monoisotopic (exact) mass is 520 g/mol. The predicted octanol–water partition coefficient (Wildman–Crippen LogP) is 4.83. The summed E-state index contributed by atoms with van der Waals surface area (Å²) in [4.78, 5) is 23.9. The van der Waals surface area contributed by atoms with Crippen LogP contribution in [0.25, 0.3) is 0 Å². The van der Waals surface area contributed by atoms with Gasteiger partial charge in [0.25, 0.3) is 0 Å². The number of amides is 1. The van der Waals surface area contributed by atoms with Gasteiger partial charge in [-0.1, -0.05) is 20.8 Å². The standard InChI is InChI=1S/C20H39F3N2O6SSi/c1-18(2,3)30-17(27)25-14(16(26)29-7)10-12-32(24,28)13-11-15(20(21,22)23)31-33(8,9)19(4,5)6/h14-15,24H,10-13H2,1-9H3,(H,25,27)/t14-,15?,32?/m0/s1. The van der Waals surface area contributed by atoms with E-state index in [-0.39, 0.29) is 6.42 Å². The van der Waals surface area contributed by atoms with Crippen LogP contribution in [0.15, 0.2) is 0 Å². The van der Waals surface area contributed by atoms with Gasteiger partial charge in [-0.25, -0.2) is 13.8 Å². The van der Waals surface area contributed by atoms with Gasteiger partial charge in [0.1, 0.15) is 17.7 Å². The molecular weight excluding hydrogens is 481 g/mol. The number of alkyl halides is 3. The van der Waals surface area contributed by atoms with E-state index >= 15 is 0 Å². The maximum atomic E-state index is 13.6. The first-order valence-corrected chi connectivity index (χ1v) is 15.4. The van der Waals surface area contributed by atoms with Gasteiger partial charge in [0.15, 0.2) is 8.32 Å². The van der Waals surface area contributed by atoms with Crippen molar-refractivity contribution in [1.82, 2.24) is 5.32 Å². The quantitative estimate of drug-likeness (QED) is 0.315. The van der Waals surface area contributed by atoms with Gasteiger partial charge in [0.2, 0.25) is 0 Å². The zero-order valence-electron chi connectivity index (χ0n) is 21.0. The summed E-state index contributed by atoms with van der Waals surface area (Å²) in [5, 5.41) is 1.83. The van der Waals surface area contributed by atoms with Crippen molar-refractivity contribution in [2.45, 2.75) is 96.4 Å². The van der Waals surface area contributed by atoms with E-state index in [1.807, 2.05) is 20.8 Å². The molecule has 2 N–H and O–H groups in total. The zero-order valence-corrected chi connectivity index (χ0v) is 22.8. The molecule has 1 amide bonds. The average Bonchev–Trinajstić information content (AvgIpc) is 2.57. The molecule has 0 aromatic heterocycles. The van der Waals surface area contributed by atoms with Crippen molar-refractivity contribution < 1.29 is 40.9 Å². The van der Waals surface area contributed by atoms with E-state index in [4.69, 9.17) is 13.9 Å². The number of alkyl carbamates (subject to hydrolysis) is 1. The summed E-state index contributed by atoms with van der Waals surface area (Å²) in [7, 11) is -5.17. The van der Waals surface area contributed by atoms with E-state index < -0.39 is 77.0 Å². The Morgan fingerprint density at radius 3 is 1.91 bits per heavy atom. The number of halogens is 3. The molecule has 0 rings (SSSR count). The summed E-state index contributed by atoms with van der Waals surface area (Å²) in [5.41, 5.74) is -0.829. The second-order valence-corrected chi connectivity index (χ2v) is 17.6. The second kappa shape index (κ2) is 11.4. The van der Waals surface area contributed by atoms with Crippen LogP contribution in [-0.2, 0) is 28.4 Å². The van der Waals surface area contributed by atoms with Crippen molar-refractivity contribution in [3.63, 3.8) is 0 Å². The molecule has 13 heteroatoms. The highest BCUT2D eigenvalue weighted by atomic mass is 32.2. The lowest BCUT2D eigenvalue weighted by molar-refractivity contribution is -0.198. The van der Waals surface area contributed by atoms with Gasteiger partial charge in [-0.15, -0.1) is 0 Å². The number of hydrogen-bond donors (Lipinski definition) is 2. The van der Waals surface area contributed by atoms with E-state index in [1.165, 1.54) is 0 Å². The van der Waals surface area contributed by atoms with Crippen LogP contribution in [0.3, 0.4) is 0 Å². The van der Waals surface area contributed by atoms with E-state index in [9.17, 15) is 27.0 Å². The molecule has 0 saturated heterocycles. The van der Waals surface area contributed by atoms with Gasteiger partial charge >= 0.3 is 18.2 Å². The van der Waals surface area contributed by atoms with Crippen LogP contribution in [0.4, 0.5) is 18.0 Å². The molecule has 0 spiro atoms. The minimum absolute atomic E-state index is 0.256. The van der Waals surface area contributed by atoms with Gasteiger partial charge in [-0.2, -0.15) is 13.2 Å². The summed E-state index contributed by atoms with van der Waals surface area (Å²) in [5.74, 6) is -1.81. The molecule has 0 fully saturated rings. The first-order chi connectivity index (χ1) is 14.5. The molecular formula is C20H39F3N2O6SSi. The fraction of sp³-hybridized carbons (Fsp3) is 0.900. The fourth-order valence-corrected chi connectivity index (χ4v) is 5.10. The van der Waals surface area contributed by atoms with E-state index in [2.05, 4.69) is 10.1 Å². The third kappa shape index (κ3) is 12.1. The Morgan fingerprint density at radius 2 is 1.52 bits per heavy atom. The summed E-state index contributed by atoms with van der Waals surface area (Å²) < 4.78 is 76.6. The van der Waals surface area contributed by atoms with Gasteiger partial charge in [0.05, 0.1) is 7.11 Å². The summed E-state index contributed by atoms with van der Waals surface area (Å²) in [6, 6.07) is -1.25. The fourth-order valence-electron chi connectivity index (χ4n) is 2.37. The molecule has 0 aliphatic carbocycles. The number of ether oxygens (including phenoxy) is 2. The summed E-state index contributed by atoms with van der Waals surface area (Å²) in [6.45, 7) is 13.7. The largest absolute Gasteiger partial charge is 0.467 e. The Bertz CT molecular complexity index is 774. The Labute approximate surface area is 196 Å². The van der Waals surface area contributed by atoms with Gasteiger partial charge in [-0.3, -0.25) is 4.78 Å². The smallest absolute Gasteiger partial charge is 0.413 e. The number of nitrogens with one attached hydrogen (secondary N) is 2. The topological polar surface area (TPSA) is 115 Å². The SMILES string of the molecule is COC(=O)[C@H](CCS(=N)(=O)CCC(O[Si](C)(C)C(C)(C)C)C(F)(F)F)NC(=O)OC(C)(C)C. The van der Waals surface area contributed by atoms with Crippen molar-refractivity contribution >= 4 is 30.1 Å². The highest BCUT2D eigenvalue weighted by Crippen LogP contribution is 2.40. The normalized spacial score (nSPS) is 17.0. The molecule has 196 valence electrons. The number of carbonyl (C=O) groups excluding carboxylic acids is 2. The number of rotatable bonds is 10. The molecule has 0 radical (unpaired) electrons. The first-order valence-electron chi connectivity index (χ1n) is 10.6. The Balaban J connectivity index is 5.25. The lowest BCUT2D eigenvalue weighted by Gasteiger charge is -2.39. The lowest BCUT2D eigenvalue weighted by Crippen LogP contribution is -2.48. The molecule has 2 unspecified atom stereocenters. The number of carbonyl (C=O) groups is 2. The van der Waals surface area contributed by atoms with Crippen LogP contribution in [0, 0.1) is 4.78 Å². The molecule has 33 heavy (non-hydrogen) atoms. The maximum Gasteiger partial charge on any atom is 0.413 e. The highest BCUT2D eigenvalue weighted by molar-refractivity contribution is 7.92. The van der Waals surface area contributed by atoms with Crippen molar-refractivity contribution in [1.29, 1.82) is 4.78 Å². The third-order valence-corrected chi connectivity index (χ3v) is 11.5. The van der Waals surface area contributed by atoms with Crippen molar-refractivity contribution in [2.75, 3.05) is 18.6 Å². The van der Waals surface area contributed by atoms with Gasteiger partial charge < -0.3 is 19.2 Å². The lowest BCUT2D eigenvalue weighted by atomic mass is 10.2. The molecule has 0 aromatic rings. The maximum absolute atomic E-state index is 13.6. The zero-order chi connectivity index (χ0) is 26.5. The van der Waals surface area contributed by atoms with E-state index in [1.54, 1.807) is 33.9 Å².